The van der Waals surface area contributed by atoms with Crippen molar-refractivity contribution in [3.63, 3.8) is 0 Å². The summed E-state index contributed by atoms with van der Waals surface area (Å²) < 4.78 is 1.80. The van der Waals surface area contributed by atoms with Gasteiger partial charge in [0.15, 0.2) is 0 Å². The first kappa shape index (κ1) is 17.1. The smallest absolute Gasteiger partial charge is 0.137 e. The second-order valence-electron chi connectivity index (χ2n) is 6.38. The van der Waals surface area contributed by atoms with Crippen molar-refractivity contribution in [1.29, 1.82) is 0 Å². The van der Waals surface area contributed by atoms with E-state index in [0.717, 1.165) is 17.0 Å². The third kappa shape index (κ3) is 3.35. The van der Waals surface area contributed by atoms with Crippen LogP contribution >= 0.6 is 0 Å². The fraction of sp³-hybridized carbons (Fsp3) is 0.143. The molecule has 0 aliphatic rings. The van der Waals surface area contributed by atoms with Crippen molar-refractivity contribution in [3.05, 3.63) is 109 Å². The Balaban J connectivity index is 1.91. The first-order valence-electron chi connectivity index (χ1n) is 8.77. The molecule has 2 N–H and O–H groups in total. The molecule has 1 atom stereocenters. The molecule has 0 fully saturated rings. The standard InChI is InChI=1S/C21H20N6/c22-21(19-10-4-6-12-24-19,20-11-5-7-13-25-20)18(14-27-16-23-15-26-27)17-8-2-1-3-9-17/h1-13,15-16,18H,14,22H2. The molecule has 4 aromatic rings. The van der Waals surface area contributed by atoms with Crippen molar-refractivity contribution in [2.24, 2.45) is 5.73 Å². The molecule has 3 aromatic heterocycles. The van der Waals surface area contributed by atoms with Gasteiger partial charge in [-0.2, -0.15) is 5.10 Å². The molecular weight excluding hydrogens is 336 g/mol. The van der Waals surface area contributed by atoms with E-state index in [1.807, 2.05) is 54.6 Å². The van der Waals surface area contributed by atoms with E-state index in [1.165, 1.54) is 6.33 Å². The molecule has 0 spiro atoms. The third-order valence-corrected chi connectivity index (χ3v) is 4.77. The fourth-order valence-corrected chi connectivity index (χ4v) is 3.41. The number of pyridine rings is 2. The lowest BCUT2D eigenvalue weighted by Gasteiger charge is -2.37. The Hall–Kier alpha value is -3.38. The van der Waals surface area contributed by atoms with E-state index < -0.39 is 5.54 Å². The minimum Gasteiger partial charge on any atom is -0.315 e. The molecule has 0 saturated carbocycles. The first-order valence-corrected chi connectivity index (χ1v) is 8.77. The SMILES string of the molecule is NC(c1ccccn1)(c1ccccn1)C(Cn1cncn1)c1ccccc1. The topological polar surface area (TPSA) is 82.5 Å². The van der Waals surface area contributed by atoms with E-state index in [4.69, 9.17) is 5.73 Å². The van der Waals surface area contributed by atoms with E-state index in [-0.39, 0.29) is 5.92 Å². The molecule has 3 heterocycles. The van der Waals surface area contributed by atoms with Gasteiger partial charge in [0.05, 0.1) is 17.9 Å². The van der Waals surface area contributed by atoms with Crippen LogP contribution in [-0.4, -0.2) is 24.7 Å². The minimum absolute atomic E-state index is 0.148. The number of hydrogen-bond donors (Lipinski definition) is 1. The third-order valence-electron chi connectivity index (χ3n) is 4.77. The molecule has 0 radical (unpaired) electrons. The Labute approximate surface area is 157 Å². The zero-order chi connectivity index (χ0) is 18.5. The van der Waals surface area contributed by atoms with Gasteiger partial charge in [-0.05, 0) is 29.8 Å². The van der Waals surface area contributed by atoms with Crippen LogP contribution in [0.2, 0.25) is 0 Å². The number of nitrogens with zero attached hydrogens (tertiary/aromatic N) is 5. The molecule has 4 rings (SSSR count). The fourth-order valence-electron chi connectivity index (χ4n) is 3.41. The number of nitrogens with two attached hydrogens (primary N) is 1. The quantitative estimate of drug-likeness (QED) is 0.574. The molecule has 1 aromatic carbocycles. The summed E-state index contributed by atoms with van der Waals surface area (Å²) in [5, 5.41) is 4.29. The van der Waals surface area contributed by atoms with Crippen LogP contribution in [0.1, 0.15) is 22.9 Å². The second-order valence-corrected chi connectivity index (χ2v) is 6.38. The van der Waals surface area contributed by atoms with Gasteiger partial charge < -0.3 is 5.73 Å². The van der Waals surface area contributed by atoms with Crippen LogP contribution < -0.4 is 5.73 Å². The number of aromatic nitrogens is 5. The summed E-state index contributed by atoms with van der Waals surface area (Å²) >= 11 is 0. The summed E-state index contributed by atoms with van der Waals surface area (Å²) in [6.45, 7) is 0.549. The van der Waals surface area contributed by atoms with Crippen molar-refractivity contribution >= 4 is 0 Å². The van der Waals surface area contributed by atoms with Crippen molar-refractivity contribution in [2.45, 2.75) is 18.0 Å². The highest BCUT2D eigenvalue weighted by atomic mass is 15.3. The van der Waals surface area contributed by atoms with Crippen LogP contribution in [0.4, 0.5) is 0 Å². The molecule has 6 heteroatoms. The highest BCUT2D eigenvalue weighted by Crippen LogP contribution is 2.39. The van der Waals surface area contributed by atoms with Gasteiger partial charge in [0, 0.05) is 18.3 Å². The molecule has 27 heavy (non-hydrogen) atoms. The van der Waals surface area contributed by atoms with Crippen molar-refractivity contribution < 1.29 is 0 Å². The van der Waals surface area contributed by atoms with Crippen LogP contribution in [0.15, 0.2) is 91.8 Å². The monoisotopic (exact) mass is 356 g/mol. The summed E-state index contributed by atoms with van der Waals surface area (Å²) in [7, 11) is 0. The Morgan fingerprint density at radius 2 is 1.48 bits per heavy atom. The Morgan fingerprint density at radius 3 is 2.00 bits per heavy atom. The lowest BCUT2D eigenvalue weighted by Crippen LogP contribution is -2.47. The number of hydrogen-bond acceptors (Lipinski definition) is 5. The van der Waals surface area contributed by atoms with Crippen LogP contribution in [0.25, 0.3) is 0 Å². The summed E-state index contributed by atoms with van der Waals surface area (Å²) in [6, 6.07) is 21.8. The van der Waals surface area contributed by atoms with E-state index in [1.54, 1.807) is 23.4 Å². The van der Waals surface area contributed by atoms with Gasteiger partial charge in [-0.15, -0.1) is 0 Å². The van der Waals surface area contributed by atoms with Crippen LogP contribution in [0.5, 0.6) is 0 Å². The minimum atomic E-state index is -0.935. The summed E-state index contributed by atoms with van der Waals surface area (Å²) in [5.41, 5.74) is 8.83. The average molecular weight is 356 g/mol. The Kier molecular flexibility index (Phi) is 4.72. The van der Waals surface area contributed by atoms with E-state index in [9.17, 15) is 0 Å². The molecule has 134 valence electrons. The van der Waals surface area contributed by atoms with Gasteiger partial charge in [-0.25, -0.2) is 4.98 Å². The average Bonchev–Trinajstić information content (AvgIpc) is 3.27. The molecular formula is C21H20N6. The Morgan fingerprint density at radius 1 is 0.852 bits per heavy atom. The first-order chi connectivity index (χ1) is 13.3. The summed E-state index contributed by atoms with van der Waals surface area (Å²) in [5.74, 6) is -0.148. The molecule has 0 amide bonds. The van der Waals surface area contributed by atoms with Crippen molar-refractivity contribution in [3.8, 4) is 0 Å². The predicted molar refractivity (Wildman–Crippen MR) is 103 cm³/mol. The Bertz CT molecular complexity index is 916. The van der Waals surface area contributed by atoms with E-state index in [0.29, 0.717) is 6.54 Å². The van der Waals surface area contributed by atoms with Crippen LogP contribution in [-0.2, 0) is 12.1 Å². The van der Waals surface area contributed by atoms with Crippen molar-refractivity contribution in [1.82, 2.24) is 24.7 Å². The van der Waals surface area contributed by atoms with Gasteiger partial charge >= 0.3 is 0 Å². The summed E-state index contributed by atoms with van der Waals surface area (Å²) in [4.78, 5) is 13.3. The highest BCUT2D eigenvalue weighted by Gasteiger charge is 2.42. The number of benzene rings is 1. The number of rotatable bonds is 6. The van der Waals surface area contributed by atoms with Gasteiger partial charge in [-0.1, -0.05) is 42.5 Å². The van der Waals surface area contributed by atoms with Gasteiger partial charge in [0.25, 0.3) is 0 Å². The predicted octanol–water partition coefficient (Wildman–Crippen LogP) is 2.75. The highest BCUT2D eigenvalue weighted by molar-refractivity contribution is 5.37. The molecule has 0 aliphatic heterocycles. The van der Waals surface area contributed by atoms with E-state index in [2.05, 4.69) is 32.2 Å². The van der Waals surface area contributed by atoms with Gasteiger partial charge in [0.2, 0.25) is 0 Å². The molecule has 0 bridgehead atoms. The van der Waals surface area contributed by atoms with E-state index >= 15 is 0 Å². The van der Waals surface area contributed by atoms with Gasteiger partial charge in [0.1, 0.15) is 18.2 Å². The van der Waals surface area contributed by atoms with Crippen LogP contribution in [0.3, 0.4) is 0 Å². The van der Waals surface area contributed by atoms with Crippen LogP contribution in [0, 0.1) is 0 Å². The zero-order valence-electron chi connectivity index (χ0n) is 14.8. The molecule has 1 unspecified atom stereocenters. The lowest BCUT2D eigenvalue weighted by molar-refractivity contribution is 0.349. The second kappa shape index (κ2) is 7.47. The van der Waals surface area contributed by atoms with Crippen molar-refractivity contribution in [2.75, 3.05) is 0 Å². The molecule has 0 aliphatic carbocycles. The van der Waals surface area contributed by atoms with Gasteiger partial charge in [-0.3, -0.25) is 14.6 Å². The largest absolute Gasteiger partial charge is 0.315 e. The maximum absolute atomic E-state index is 7.15. The maximum atomic E-state index is 7.15. The summed E-state index contributed by atoms with van der Waals surface area (Å²) in [6.07, 6.45) is 6.75. The maximum Gasteiger partial charge on any atom is 0.137 e. The molecule has 0 saturated heterocycles. The zero-order valence-corrected chi connectivity index (χ0v) is 14.8. The molecule has 6 nitrogen and oxygen atoms in total. The lowest BCUT2D eigenvalue weighted by atomic mass is 9.74. The normalized spacial score (nSPS) is 12.6.